The molecule has 3 saturated heterocycles. The molecule has 3 rings (SSSR count). The lowest BCUT2D eigenvalue weighted by Crippen LogP contribution is -2.66. The topological polar surface area (TPSA) is 18.5 Å². The van der Waals surface area contributed by atoms with Gasteiger partial charge in [0.1, 0.15) is 0 Å². The summed E-state index contributed by atoms with van der Waals surface area (Å²) in [5.41, 5.74) is 0. The van der Waals surface area contributed by atoms with Gasteiger partial charge in [-0.05, 0) is 18.9 Å². The second-order valence-electron chi connectivity index (χ2n) is 5.99. The van der Waals surface area contributed by atoms with Gasteiger partial charge in [0, 0.05) is 44.8 Å². The molecule has 2 atom stereocenters. The molecule has 0 aromatic rings. The Balaban J connectivity index is 1.96. The van der Waals surface area contributed by atoms with Crippen molar-refractivity contribution in [2.75, 3.05) is 39.3 Å². The normalized spacial score (nSPS) is 33.0. The molecule has 0 spiro atoms. The highest BCUT2D eigenvalue weighted by atomic mass is 15.4. The van der Waals surface area contributed by atoms with Gasteiger partial charge >= 0.3 is 0 Å². The maximum atomic E-state index is 3.77. The van der Waals surface area contributed by atoms with Crippen molar-refractivity contribution in [3.05, 3.63) is 0 Å². The van der Waals surface area contributed by atoms with Gasteiger partial charge < -0.3 is 5.32 Å². The number of piperazine rings is 3. The number of rotatable bonds is 7. The van der Waals surface area contributed by atoms with Gasteiger partial charge in [-0.1, -0.05) is 33.6 Å². The van der Waals surface area contributed by atoms with Crippen LogP contribution in [0.4, 0.5) is 0 Å². The molecular weight excluding hydrogens is 222 g/mol. The van der Waals surface area contributed by atoms with E-state index in [4.69, 9.17) is 0 Å². The van der Waals surface area contributed by atoms with Gasteiger partial charge in [-0.3, -0.25) is 9.80 Å². The maximum absolute atomic E-state index is 3.77. The monoisotopic (exact) mass is 253 g/mol. The summed E-state index contributed by atoms with van der Waals surface area (Å²) in [4.78, 5) is 5.39. The molecule has 3 heterocycles. The molecule has 3 heteroatoms. The number of hydrogen-bond donors (Lipinski definition) is 1. The summed E-state index contributed by atoms with van der Waals surface area (Å²) in [6, 6.07) is 1.45. The van der Waals surface area contributed by atoms with E-state index in [0.29, 0.717) is 6.04 Å². The van der Waals surface area contributed by atoms with Crippen molar-refractivity contribution >= 4 is 0 Å². The second-order valence-corrected chi connectivity index (χ2v) is 5.99. The molecule has 2 bridgehead atoms. The van der Waals surface area contributed by atoms with E-state index in [0.717, 1.165) is 18.5 Å². The molecule has 0 amide bonds. The van der Waals surface area contributed by atoms with E-state index in [2.05, 4.69) is 35.9 Å². The number of hydrogen-bond acceptors (Lipinski definition) is 3. The number of nitrogens with one attached hydrogen (secondary N) is 1. The molecule has 106 valence electrons. The van der Waals surface area contributed by atoms with E-state index in [9.17, 15) is 0 Å². The molecule has 3 nitrogen and oxygen atoms in total. The molecule has 3 aliphatic rings. The average Bonchev–Trinajstić information content (AvgIpc) is 2.44. The first-order valence-corrected chi connectivity index (χ1v) is 7.98. The summed E-state index contributed by atoms with van der Waals surface area (Å²) >= 11 is 0. The molecule has 1 N–H and O–H groups in total. The summed E-state index contributed by atoms with van der Waals surface area (Å²) in [5.74, 6) is 0.894. The van der Waals surface area contributed by atoms with Crippen LogP contribution in [-0.4, -0.2) is 61.2 Å². The van der Waals surface area contributed by atoms with Crippen molar-refractivity contribution < 1.29 is 0 Å². The third-order valence-corrected chi connectivity index (χ3v) is 4.99. The first-order valence-electron chi connectivity index (χ1n) is 7.98. The lowest BCUT2D eigenvalue weighted by molar-refractivity contribution is -0.00685. The van der Waals surface area contributed by atoms with Crippen LogP contribution in [0, 0.1) is 5.92 Å². The maximum Gasteiger partial charge on any atom is 0.0377 e. The minimum atomic E-state index is 0.697. The Morgan fingerprint density at radius 1 is 1.06 bits per heavy atom. The van der Waals surface area contributed by atoms with Crippen LogP contribution >= 0.6 is 0 Å². The van der Waals surface area contributed by atoms with Crippen molar-refractivity contribution in [3.63, 3.8) is 0 Å². The molecule has 18 heavy (non-hydrogen) atoms. The minimum Gasteiger partial charge on any atom is -0.313 e. The first-order chi connectivity index (χ1) is 8.78. The summed E-state index contributed by atoms with van der Waals surface area (Å²) in [5, 5.41) is 3.77. The third kappa shape index (κ3) is 3.25. The Morgan fingerprint density at radius 2 is 1.72 bits per heavy atom. The highest BCUT2D eigenvalue weighted by Gasteiger charge is 2.36. The Labute approximate surface area is 113 Å². The summed E-state index contributed by atoms with van der Waals surface area (Å²) < 4.78 is 0. The predicted octanol–water partition coefficient (Wildman–Crippen LogP) is 1.79. The van der Waals surface area contributed by atoms with Gasteiger partial charge in [0.15, 0.2) is 0 Å². The molecule has 0 aromatic carbocycles. The molecule has 3 aliphatic heterocycles. The third-order valence-electron chi connectivity index (χ3n) is 4.99. The van der Waals surface area contributed by atoms with Crippen LogP contribution in [0.1, 0.15) is 40.0 Å². The molecule has 0 radical (unpaired) electrons. The van der Waals surface area contributed by atoms with Gasteiger partial charge in [-0.15, -0.1) is 0 Å². The quantitative estimate of drug-likeness (QED) is 0.746. The highest BCUT2D eigenvalue weighted by molar-refractivity contribution is 4.95. The van der Waals surface area contributed by atoms with Crippen molar-refractivity contribution in [1.82, 2.24) is 15.1 Å². The van der Waals surface area contributed by atoms with Crippen LogP contribution in [0.25, 0.3) is 0 Å². The molecule has 2 unspecified atom stereocenters. The zero-order valence-corrected chi connectivity index (χ0v) is 12.5. The van der Waals surface area contributed by atoms with Crippen LogP contribution in [0.3, 0.4) is 0 Å². The summed E-state index contributed by atoms with van der Waals surface area (Å²) in [6.45, 7) is 14.5. The Kier molecular flexibility index (Phi) is 5.46. The Hall–Kier alpha value is -0.120. The first kappa shape index (κ1) is 14.3. The van der Waals surface area contributed by atoms with Crippen LogP contribution in [0.2, 0.25) is 0 Å². The minimum absolute atomic E-state index is 0.697. The molecule has 3 fully saturated rings. The fourth-order valence-electron chi connectivity index (χ4n) is 3.66. The van der Waals surface area contributed by atoms with Crippen molar-refractivity contribution in [2.24, 2.45) is 5.92 Å². The highest BCUT2D eigenvalue weighted by Crippen LogP contribution is 2.24. The lowest BCUT2D eigenvalue weighted by Gasteiger charge is -2.50. The smallest absolute Gasteiger partial charge is 0.0377 e. The summed E-state index contributed by atoms with van der Waals surface area (Å²) in [6.07, 6.45) is 4.01. The molecule has 0 aromatic heterocycles. The van der Waals surface area contributed by atoms with Crippen LogP contribution in [0.5, 0.6) is 0 Å². The van der Waals surface area contributed by atoms with Crippen molar-refractivity contribution in [2.45, 2.75) is 52.1 Å². The van der Waals surface area contributed by atoms with Crippen LogP contribution in [-0.2, 0) is 0 Å². The standard InChI is InChI=1S/C15H31N3/c1-4-13(5-2)11-14(16-6-3)15-12-17-7-9-18(15)10-8-17/h13-16H,4-12H2,1-3H3. The average molecular weight is 253 g/mol. The largest absolute Gasteiger partial charge is 0.313 e. The SMILES string of the molecule is CCNC(CC(CC)CC)C1CN2CCN1CC2. The zero-order chi connectivity index (χ0) is 13.0. The van der Waals surface area contributed by atoms with Gasteiger partial charge in [0.2, 0.25) is 0 Å². The number of likely N-dealkylation sites (N-methyl/N-ethyl adjacent to an activating group) is 1. The fraction of sp³-hybridized carbons (Fsp3) is 1.00. The second kappa shape index (κ2) is 6.88. The van der Waals surface area contributed by atoms with E-state index in [-0.39, 0.29) is 0 Å². The zero-order valence-electron chi connectivity index (χ0n) is 12.5. The predicted molar refractivity (Wildman–Crippen MR) is 78.0 cm³/mol. The van der Waals surface area contributed by atoms with E-state index in [1.165, 1.54) is 52.0 Å². The van der Waals surface area contributed by atoms with E-state index in [1.54, 1.807) is 0 Å². The molecule has 0 aliphatic carbocycles. The fourth-order valence-corrected chi connectivity index (χ4v) is 3.66. The molecular formula is C15H31N3. The van der Waals surface area contributed by atoms with Crippen molar-refractivity contribution in [3.8, 4) is 0 Å². The van der Waals surface area contributed by atoms with E-state index >= 15 is 0 Å². The van der Waals surface area contributed by atoms with Crippen LogP contribution in [0.15, 0.2) is 0 Å². The van der Waals surface area contributed by atoms with Gasteiger partial charge in [-0.2, -0.15) is 0 Å². The summed E-state index contributed by atoms with van der Waals surface area (Å²) in [7, 11) is 0. The van der Waals surface area contributed by atoms with E-state index < -0.39 is 0 Å². The Bertz CT molecular complexity index is 232. The Morgan fingerprint density at radius 3 is 2.17 bits per heavy atom. The van der Waals surface area contributed by atoms with Gasteiger partial charge in [0.05, 0.1) is 0 Å². The van der Waals surface area contributed by atoms with E-state index in [1.807, 2.05) is 0 Å². The van der Waals surface area contributed by atoms with Crippen LogP contribution < -0.4 is 5.32 Å². The number of nitrogens with zero attached hydrogens (tertiary/aromatic N) is 2. The van der Waals surface area contributed by atoms with Crippen molar-refractivity contribution in [1.29, 1.82) is 0 Å². The van der Waals surface area contributed by atoms with Gasteiger partial charge in [-0.25, -0.2) is 0 Å². The lowest BCUT2D eigenvalue weighted by atomic mass is 9.88. The molecule has 0 saturated carbocycles. The number of fused-ring (bicyclic) bond motifs is 3. The van der Waals surface area contributed by atoms with Gasteiger partial charge in [0.25, 0.3) is 0 Å².